The van der Waals surface area contributed by atoms with Crippen LogP contribution in [0.5, 0.6) is 0 Å². The maximum Gasteiger partial charge on any atom is 0.251 e. The van der Waals surface area contributed by atoms with Crippen LogP contribution >= 0.6 is 0 Å². The van der Waals surface area contributed by atoms with Crippen molar-refractivity contribution in [3.63, 3.8) is 0 Å². The number of guanidine groups is 1. The monoisotopic (exact) mass is 412 g/mol. The van der Waals surface area contributed by atoms with Gasteiger partial charge in [0.1, 0.15) is 0 Å². The molecule has 8 heteroatoms. The first-order chi connectivity index (χ1) is 14.6. The highest BCUT2D eigenvalue weighted by Gasteiger charge is 2.29. The quantitative estimate of drug-likeness (QED) is 0.312. The normalized spacial score (nSPS) is 16.0. The van der Waals surface area contributed by atoms with E-state index in [2.05, 4.69) is 22.4 Å². The van der Waals surface area contributed by atoms with Crippen molar-refractivity contribution < 1.29 is 9.32 Å². The van der Waals surface area contributed by atoms with Gasteiger partial charge in [0.15, 0.2) is 5.96 Å². The van der Waals surface area contributed by atoms with Crippen molar-refractivity contribution >= 4 is 11.9 Å². The highest BCUT2D eigenvalue weighted by Crippen LogP contribution is 2.27. The van der Waals surface area contributed by atoms with Crippen molar-refractivity contribution in [3.05, 3.63) is 35.7 Å². The van der Waals surface area contributed by atoms with Gasteiger partial charge >= 0.3 is 0 Å². The number of carbonyl (C=O) groups excluding carboxylic acids is 1. The molecule has 2 heterocycles. The zero-order valence-electron chi connectivity index (χ0n) is 17.7. The van der Waals surface area contributed by atoms with Gasteiger partial charge < -0.3 is 20.5 Å². The van der Waals surface area contributed by atoms with Crippen LogP contribution in [0.15, 0.2) is 28.8 Å². The zero-order chi connectivity index (χ0) is 21.3. The Morgan fingerprint density at radius 1 is 1.23 bits per heavy atom. The number of aromatic nitrogens is 2. The molecule has 1 aromatic heterocycles. The van der Waals surface area contributed by atoms with Crippen LogP contribution in [0.3, 0.4) is 0 Å². The molecule has 4 N–H and O–H groups in total. The van der Waals surface area contributed by atoms with Gasteiger partial charge in [-0.3, -0.25) is 10.2 Å². The van der Waals surface area contributed by atoms with Gasteiger partial charge in [-0.25, -0.2) is 0 Å². The second-order valence-corrected chi connectivity index (χ2v) is 7.87. The lowest BCUT2D eigenvalue weighted by atomic mass is 10.1. The van der Waals surface area contributed by atoms with Crippen LogP contribution < -0.4 is 11.1 Å². The molecule has 3 rings (SSSR count). The molecule has 0 saturated carbocycles. The Kier molecular flexibility index (Phi) is 7.82. The summed E-state index contributed by atoms with van der Waals surface area (Å²) in [4.78, 5) is 18.6. The molecule has 1 amide bonds. The lowest BCUT2D eigenvalue weighted by molar-refractivity contribution is 0.0953. The average molecular weight is 413 g/mol. The largest absolute Gasteiger partial charge is 0.370 e. The minimum absolute atomic E-state index is 0.0563. The van der Waals surface area contributed by atoms with Gasteiger partial charge in [0.05, 0.1) is 5.92 Å². The summed E-state index contributed by atoms with van der Waals surface area (Å²) >= 11 is 0. The van der Waals surface area contributed by atoms with Gasteiger partial charge in [-0.05, 0) is 25.0 Å². The van der Waals surface area contributed by atoms with Crippen LogP contribution in [0.1, 0.15) is 74.0 Å². The standard InChI is InChI=1S/C22H32N6O2/c1-2-3-4-5-6-7-13-25-20(29)17-10-8-16(9-11-17)19-26-21(30-27-19)18-12-14-28(15-18)22(23)24/h8-11,18H,2-7,12-15H2,1H3,(H3,23,24)(H,25,29)/t18-/m1/s1. The summed E-state index contributed by atoms with van der Waals surface area (Å²) in [5.74, 6) is 1.17. The second kappa shape index (κ2) is 10.8. The van der Waals surface area contributed by atoms with Crippen molar-refractivity contribution in [1.82, 2.24) is 20.4 Å². The Bertz CT molecular complexity index is 832. The molecule has 30 heavy (non-hydrogen) atoms. The maximum absolute atomic E-state index is 12.3. The number of unbranched alkanes of at least 4 members (excludes halogenated alkanes) is 5. The van der Waals surface area contributed by atoms with Gasteiger partial charge in [-0.2, -0.15) is 4.98 Å². The number of hydrogen-bond donors (Lipinski definition) is 3. The van der Waals surface area contributed by atoms with E-state index in [4.69, 9.17) is 15.7 Å². The Balaban J connectivity index is 1.48. The zero-order valence-corrected chi connectivity index (χ0v) is 17.7. The minimum atomic E-state index is -0.0563. The van der Waals surface area contributed by atoms with Gasteiger partial charge in [-0.15, -0.1) is 0 Å². The smallest absolute Gasteiger partial charge is 0.251 e. The lowest BCUT2D eigenvalue weighted by Crippen LogP contribution is -2.34. The number of nitrogens with zero attached hydrogens (tertiary/aromatic N) is 3. The Labute approximate surface area is 177 Å². The van der Waals surface area contributed by atoms with E-state index in [0.717, 1.165) is 31.4 Å². The van der Waals surface area contributed by atoms with E-state index >= 15 is 0 Å². The molecule has 8 nitrogen and oxygen atoms in total. The SMILES string of the molecule is CCCCCCCCNC(=O)c1ccc(-c2noc([C@@H]3CCN(C(=N)N)C3)n2)cc1. The summed E-state index contributed by atoms with van der Waals surface area (Å²) in [6, 6.07) is 7.25. The van der Waals surface area contributed by atoms with Gasteiger partial charge in [0, 0.05) is 30.8 Å². The Morgan fingerprint density at radius 2 is 1.97 bits per heavy atom. The number of likely N-dealkylation sites (tertiary alicyclic amines) is 1. The van der Waals surface area contributed by atoms with Crippen LogP contribution in [0.25, 0.3) is 11.4 Å². The average Bonchev–Trinajstić information content (AvgIpc) is 3.43. The Morgan fingerprint density at radius 3 is 2.67 bits per heavy atom. The molecule has 0 bridgehead atoms. The molecular weight excluding hydrogens is 380 g/mol. The molecule has 1 fully saturated rings. The molecule has 1 aromatic carbocycles. The van der Waals surface area contributed by atoms with E-state index in [9.17, 15) is 4.79 Å². The van der Waals surface area contributed by atoms with Crippen LogP contribution in [0, 0.1) is 5.41 Å². The van der Waals surface area contributed by atoms with E-state index in [-0.39, 0.29) is 17.8 Å². The lowest BCUT2D eigenvalue weighted by Gasteiger charge is -2.14. The van der Waals surface area contributed by atoms with Gasteiger partial charge in [0.2, 0.25) is 11.7 Å². The number of amides is 1. The highest BCUT2D eigenvalue weighted by molar-refractivity contribution is 5.94. The second-order valence-electron chi connectivity index (χ2n) is 7.87. The summed E-state index contributed by atoms with van der Waals surface area (Å²) in [7, 11) is 0. The van der Waals surface area contributed by atoms with Gasteiger partial charge in [-0.1, -0.05) is 56.3 Å². The van der Waals surface area contributed by atoms with E-state index < -0.39 is 0 Å². The molecule has 1 saturated heterocycles. The van der Waals surface area contributed by atoms with Crippen molar-refractivity contribution in [3.8, 4) is 11.4 Å². The van der Waals surface area contributed by atoms with E-state index in [0.29, 0.717) is 30.4 Å². The molecule has 2 aromatic rings. The highest BCUT2D eigenvalue weighted by atomic mass is 16.5. The first-order valence-corrected chi connectivity index (χ1v) is 10.9. The summed E-state index contributed by atoms with van der Waals surface area (Å²) in [6.07, 6.45) is 8.05. The predicted octanol–water partition coefficient (Wildman–Crippen LogP) is 3.51. The summed E-state index contributed by atoms with van der Waals surface area (Å²) in [6.45, 7) is 4.26. The fraction of sp³-hybridized carbons (Fsp3) is 0.545. The maximum atomic E-state index is 12.3. The number of hydrogen-bond acceptors (Lipinski definition) is 5. The molecule has 0 radical (unpaired) electrons. The van der Waals surface area contributed by atoms with Crippen molar-refractivity contribution in [2.75, 3.05) is 19.6 Å². The fourth-order valence-corrected chi connectivity index (χ4v) is 3.68. The van der Waals surface area contributed by atoms with E-state index in [1.165, 1.54) is 25.7 Å². The minimum Gasteiger partial charge on any atom is -0.370 e. The van der Waals surface area contributed by atoms with E-state index in [1.807, 2.05) is 12.1 Å². The number of nitrogens with one attached hydrogen (secondary N) is 2. The molecule has 162 valence electrons. The molecule has 0 unspecified atom stereocenters. The summed E-state index contributed by atoms with van der Waals surface area (Å²) in [5.41, 5.74) is 6.98. The first kappa shape index (κ1) is 21.8. The third-order valence-electron chi connectivity index (χ3n) is 5.54. The molecular formula is C22H32N6O2. The number of rotatable bonds is 10. The van der Waals surface area contributed by atoms with Crippen LogP contribution in [-0.2, 0) is 0 Å². The summed E-state index contributed by atoms with van der Waals surface area (Å²) < 4.78 is 5.43. The third kappa shape index (κ3) is 5.81. The van der Waals surface area contributed by atoms with Crippen LogP contribution in [0.2, 0.25) is 0 Å². The number of benzene rings is 1. The van der Waals surface area contributed by atoms with E-state index in [1.54, 1.807) is 17.0 Å². The topological polar surface area (TPSA) is 121 Å². The van der Waals surface area contributed by atoms with Crippen molar-refractivity contribution in [1.29, 1.82) is 5.41 Å². The molecule has 0 aliphatic carbocycles. The van der Waals surface area contributed by atoms with Crippen molar-refractivity contribution in [2.45, 2.75) is 57.8 Å². The van der Waals surface area contributed by atoms with Crippen LogP contribution in [-0.4, -0.2) is 46.5 Å². The third-order valence-corrected chi connectivity index (χ3v) is 5.54. The number of carbonyl (C=O) groups is 1. The molecule has 1 aliphatic heterocycles. The Hall–Kier alpha value is -2.90. The molecule has 1 aliphatic rings. The first-order valence-electron chi connectivity index (χ1n) is 10.9. The molecule has 1 atom stereocenters. The predicted molar refractivity (Wildman–Crippen MR) is 116 cm³/mol. The summed E-state index contributed by atoms with van der Waals surface area (Å²) in [5, 5.41) is 14.6. The van der Waals surface area contributed by atoms with Crippen LogP contribution in [0.4, 0.5) is 0 Å². The van der Waals surface area contributed by atoms with Crippen molar-refractivity contribution in [2.24, 2.45) is 5.73 Å². The van der Waals surface area contributed by atoms with Gasteiger partial charge in [0.25, 0.3) is 5.91 Å². The fourth-order valence-electron chi connectivity index (χ4n) is 3.68. The molecule has 0 spiro atoms. The number of nitrogens with two attached hydrogens (primary N) is 1.